The number of carbonyl (C=O) groups excluding carboxylic acids is 1. The van der Waals surface area contributed by atoms with E-state index >= 15 is 0 Å². The second-order valence-electron chi connectivity index (χ2n) is 4.77. The van der Waals surface area contributed by atoms with Gasteiger partial charge in [-0.2, -0.15) is 0 Å². The predicted molar refractivity (Wildman–Crippen MR) is 64.8 cm³/mol. The third-order valence-electron chi connectivity index (χ3n) is 2.25. The minimum Gasteiger partial charge on any atom is -0.355 e. The number of rotatable bonds is 7. The van der Waals surface area contributed by atoms with Crippen LogP contribution in [-0.2, 0) is 4.79 Å². The molecule has 0 aromatic carbocycles. The van der Waals surface area contributed by atoms with Crippen LogP contribution in [0.4, 0.5) is 0 Å². The van der Waals surface area contributed by atoms with Crippen molar-refractivity contribution >= 4 is 5.91 Å². The van der Waals surface area contributed by atoms with E-state index in [9.17, 15) is 4.79 Å². The summed E-state index contributed by atoms with van der Waals surface area (Å²) in [5, 5.41) is 2.91. The zero-order valence-corrected chi connectivity index (χ0v) is 10.8. The SMILES string of the molecule is CCCNC(=O)CN(CC(C)C)C(C)C. The average molecular weight is 214 g/mol. The summed E-state index contributed by atoms with van der Waals surface area (Å²) in [7, 11) is 0. The Labute approximate surface area is 94.2 Å². The molecule has 0 aliphatic carbocycles. The van der Waals surface area contributed by atoms with Crippen LogP contribution in [0, 0.1) is 5.92 Å². The van der Waals surface area contributed by atoms with Gasteiger partial charge in [-0.25, -0.2) is 0 Å². The topological polar surface area (TPSA) is 32.3 Å². The molecule has 0 bridgehead atoms. The first-order valence-electron chi connectivity index (χ1n) is 5.98. The molecule has 3 nitrogen and oxygen atoms in total. The molecule has 0 aliphatic rings. The lowest BCUT2D eigenvalue weighted by Crippen LogP contribution is -2.42. The summed E-state index contributed by atoms with van der Waals surface area (Å²) in [5.74, 6) is 0.748. The summed E-state index contributed by atoms with van der Waals surface area (Å²) in [6.45, 7) is 13.0. The Balaban J connectivity index is 3.99. The van der Waals surface area contributed by atoms with Crippen molar-refractivity contribution in [1.82, 2.24) is 10.2 Å². The van der Waals surface area contributed by atoms with Gasteiger partial charge in [0.25, 0.3) is 0 Å². The van der Waals surface area contributed by atoms with Crippen molar-refractivity contribution in [2.75, 3.05) is 19.6 Å². The molecule has 0 aromatic rings. The third kappa shape index (κ3) is 7.37. The van der Waals surface area contributed by atoms with Crippen LogP contribution in [0.5, 0.6) is 0 Å². The Kier molecular flexibility index (Phi) is 7.39. The van der Waals surface area contributed by atoms with E-state index in [0.29, 0.717) is 18.5 Å². The van der Waals surface area contributed by atoms with Crippen LogP contribution in [0.1, 0.15) is 41.0 Å². The molecule has 15 heavy (non-hydrogen) atoms. The minimum atomic E-state index is 0.145. The maximum Gasteiger partial charge on any atom is 0.234 e. The molecule has 0 unspecified atom stereocenters. The first-order chi connectivity index (χ1) is 6.97. The summed E-state index contributed by atoms with van der Waals surface area (Å²) < 4.78 is 0. The molecular formula is C12H26N2O. The van der Waals surface area contributed by atoms with Crippen molar-refractivity contribution in [3.63, 3.8) is 0 Å². The lowest BCUT2D eigenvalue weighted by Gasteiger charge is -2.27. The van der Waals surface area contributed by atoms with E-state index in [1.54, 1.807) is 0 Å². The first-order valence-corrected chi connectivity index (χ1v) is 5.98. The van der Waals surface area contributed by atoms with Crippen LogP contribution in [0.15, 0.2) is 0 Å². The van der Waals surface area contributed by atoms with E-state index in [0.717, 1.165) is 19.5 Å². The van der Waals surface area contributed by atoms with Crippen molar-refractivity contribution < 1.29 is 4.79 Å². The van der Waals surface area contributed by atoms with Crippen LogP contribution in [0.2, 0.25) is 0 Å². The fraction of sp³-hybridized carbons (Fsp3) is 0.917. The van der Waals surface area contributed by atoms with Crippen molar-refractivity contribution in [3.05, 3.63) is 0 Å². The van der Waals surface area contributed by atoms with E-state index in [-0.39, 0.29) is 5.91 Å². The van der Waals surface area contributed by atoms with Crippen LogP contribution in [0.3, 0.4) is 0 Å². The fourth-order valence-corrected chi connectivity index (χ4v) is 1.43. The molecule has 1 N–H and O–H groups in total. The Morgan fingerprint density at radius 2 is 1.87 bits per heavy atom. The highest BCUT2D eigenvalue weighted by Gasteiger charge is 2.14. The molecule has 0 saturated heterocycles. The first kappa shape index (κ1) is 14.4. The molecule has 0 atom stereocenters. The Morgan fingerprint density at radius 3 is 2.27 bits per heavy atom. The molecule has 3 heteroatoms. The highest BCUT2D eigenvalue weighted by Crippen LogP contribution is 2.03. The molecule has 1 amide bonds. The lowest BCUT2D eigenvalue weighted by atomic mass is 10.2. The highest BCUT2D eigenvalue weighted by molar-refractivity contribution is 5.77. The van der Waals surface area contributed by atoms with E-state index in [1.165, 1.54) is 0 Å². The van der Waals surface area contributed by atoms with Gasteiger partial charge in [-0.15, -0.1) is 0 Å². The van der Waals surface area contributed by atoms with Crippen molar-refractivity contribution in [2.45, 2.75) is 47.1 Å². The Morgan fingerprint density at radius 1 is 1.27 bits per heavy atom. The monoisotopic (exact) mass is 214 g/mol. The second kappa shape index (κ2) is 7.69. The number of nitrogens with one attached hydrogen (secondary N) is 1. The lowest BCUT2D eigenvalue weighted by molar-refractivity contribution is -0.122. The molecule has 0 fully saturated rings. The highest BCUT2D eigenvalue weighted by atomic mass is 16.2. The molecule has 0 saturated carbocycles. The largest absolute Gasteiger partial charge is 0.355 e. The number of carbonyl (C=O) groups is 1. The van der Waals surface area contributed by atoms with E-state index in [4.69, 9.17) is 0 Å². The van der Waals surface area contributed by atoms with Crippen molar-refractivity contribution in [1.29, 1.82) is 0 Å². The number of hydrogen-bond donors (Lipinski definition) is 1. The van der Waals surface area contributed by atoms with Crippen molar-refractivity contribution in [3.8, 4) is 0 Å². The Bertz CT molecular complexity index is 178. The quantitative estimate of drug-likeness (QED) is 0.702. The standard InChI is InChI=1S/C12H26N2O/c1-6-7-13-12(15)9-14(11(4)5)8-10(2)3/h10-11H,6-9H2,1-5H3,(H,13,15). The Hall–Kier alpha value is -0.570. The number of hydrogen-bond acceptors (Lipinski definition) is 2. The van der Waals surface area contributed by atoms with Gasteiger partial charge in [0.2, 0.25) is 5.91 Å². The average Bonchev–Trinajstić information content (AvgIpc) is 2.12. The van der Waals surface area contributed by atoms with Gasteiger partial charge in [-0.05, 0) is 26.2 Å². The molecule has 0 heterocycles. The fourth-order valence-electron chi connectivity index (χ4n) is 1.43. The van der Waals surface area contributed by atoms with Gasteiger partial charge in [-0.3, -0.25) is 9.69 Å². The van der Waals surface area contributed by atoms with Gasteiger partial charge in [0, 0.05) is 19.1 Å². The van der Waals surface area contributed by atoms with Gasteiger partial charge in [0.1, 0.15) is 0 Å². The molecule has 90 valence electrons. The van der Waals surface area contributed by atoms with Crippen LogP contribution >= 0.6 is 0 Å². The van der Waals surface area contributed by atoms with E-state index in [2.05, 4.69) is 44.8 Å². The summed E-state index contributed by atoms with van der Waals surface area (Å²) in [6, 6.07) is 0.430. The van der Waals surface area contributed by atoms with Crippen LogP contribution in [0.25, 0.3) is 0 Å². The summed E-state index contributed by atoms with van der Waals surface area (Å²) in [5.41, 5.74) is 0. The molecule has 0 aliphatic heterocycles. The van der Waals surface area contributed by atoms with Crippen LogP contribution < -0.4 is 5.32 Å². The van der Waals surface area contributed by atoms with E-state index in [1.807, 2.05) is 0 Å². The number of nitrogens with zero attached hydrogens (tertiary/aromatic N) is 1. The van der Waals surface area contributed by atoms with Gasteiger partial charge < -0.3 is 5.32 Å². The summed E-state index contributed by atoms with van der Waals surface area (Å²) in [6.07, 6.45) is 0.998. The molecule has 0 radical (unpaired) electrons. The third-order valence-corrected chi connectivity index (χ3v) is 2.25. The summed E-state index contributed by atoms with van der Waals surface area (Å²) >= 11 is 0. The predicted octanol–water partition coefficient (Wildman–Crippen LogP) is 1.88. The maximum absolute atomic E-state index is 11.5. The molecule has 0 aromatic heterocycles. The molecule has 0 rings (SSSR count). The van der Waals surface area contributed by atoms with Crippen LogP contribution in [-0.4, -0.2) is 36.5 Å². The number of amides is 1. The smallest absolute Gasteiger partial charge is 0.234 e. The van der Waals surface area contributed by atoms with Crippen molar-refractivity contribution in [2.24, 2.45) is 5.92 Å². The minimum absolute atomic E-state index is 0.145. The normalized spacial score (nSPS) is 11.5. The van der Waals surface area contributed by atoms with Gasteiger partial charge in [-0.1, -0.05) is 20.8 Å². The van der Waals surface area contributed by atoms with Gasteiger partial charge in [0.15, 0.2) is 0 Å². The second-order valence-corrected chi connectivity index (χ2v) is 4.77. The zero-order valence-electron chi connectivity index (χ0n) is 10.8. The van der Waals surface area contributed by atoms with Gasteiger partial charge in [0.05, 0.1) is 6.54 Å². The summed E-state index contributed by atoms with van der Waals surface area (Å²) in [4.78, 5) is 13.8. The maximum atomic E-state index is 11.5. The molecular weight excluding hydrogens is 188 g/mol. The zero-order chi connectivity index (χ0) is 11.8. The van der Waals surface area contributed by atoms with E-state index < -0.39 is 0 Å². The molecule has 0 spiro atoms. The van der Waals surface area contributed by atoms with Gasteiger partial charge >= 0.3 is 0 Å².